The minimum absolute atomic E-state index is 0. The molecule has 1 fully saturated rings. The second-order valence-corrected chi connectivity index (χ2v) is 5.67. The molecule has 0 spiro atoms. The highest BCUT2D eigenvalue weighted by Crippen LogP contribution is 2.36. The first-order valence-electron chi connectivity index (χ1n) is 5.71. The molecule has 1 aromatic rings. The molecule has 0 atom stereocenters. The SMILES string of the molecule is CC(C)(C)/C=C/c1nc(C2(N)CCC2)no1.Cl. The van der Waals surface area contributed by atoms with Crippen LogP contribution in [0.15, 0.2) is 10.6 Å². The van der Waals surface area contributed by atoms with Crippen molar-refractivity contribution in [3.63, 3.8) is 0 Å². The van der Waals surface area contributed by atoms with Crippen molar-refractivity contribution in [1.82, 2.24) is 10.1 Å². The van der Waals surface area contributed by atoms with Crippen molar-refractivity contribution in [1.29, 1.82) is 0 Å². The van der Waals surface area contributed by atoms with Crippen molar-refractivity contribution in [2.45, 2.75) is 45.6 Å². The number of rotatable bonds is 2. The molecule has 0 aliphatic heterocycles. The predicted octanol–water partition coefficient (Wildman–Crippen LogP) is 2.89. The molecule has 1 aromatic heterocycles. The molecule has 5 heteroatoms. The maximum absolute atomic E-state index is 6.11. The monoisotopic (exact) mass is 257 g/mol. The standard InChI is InChI=1S/C12H19N3O.ClH/c1-11(2,3)8-5-9-14-10(15-16-9)12(13)6-4-7-12;/h5,8H,4,6-7,13H2,1-3H3;1H/b8-5+;. The minimum Gasteiger partial charge on any atom is -0.335 e. The van der Waals surface area contributed by atoms with Crippen LogP contribution in [-0.4, -0.2) is 10.1 Å². The lowest BCUT2D eigenvalue weighted by Gasteiger charge is -2.34. The second-order valence-electron chi connectivity index (χ2n) is 5.67. The molecule has 96 valence electrons. The average Bonchev–Trinajstić information content (AvgIpc) is 2.58. The fraction of sp³-hybridized carbons (Fsp3) is 0.667. The van der Waals surface area contributed by atoms with Gasteiger partial charge in [0.2, 0.25) is 5.89 Å². The first-order valence-corrected chi connectivity index (χ1v) is 5.71. The van der Waals surface area contributed by atoms with Gasteiger partial charge in [-0.05, 0) is 30.8 Å². The van der Waals surface area contributed by atoms with E-state index >= 15 is 0 Å². The molecule has 2 N–H and O–H groups in total. The van der Waals surface area contributed by atoms with Crippen LogP contribution in [-0.2, 0) is 5.54 Å². The van der Waals surface area contributed by atoms with E-state index in [0.717, 1.165) is 19.3 Å². The summed E-state index contributed by atoms with van der Waals surface area (Å²) in [6.07, 6.45) is 6.97. The van der Waals surface area contributed by atoms with Gasteiger partial charge in [0.1, 0.15) is 0 Å². The summed E-state index contributed by atoms with van der Waals surface area (Å²) in [5.41, 5.74) is 5.89. The van der Waals surface area contributed by atoms with E-state index in [2.05, 4.69) is 30.9 Å². The summed E-state index contributed by atoms with van der Waals surface area (Å²) in [6.45, 7) is 6.37. The summed E-state index contributed by atoms with van der Waals surface area (Å²) < 4.78 is 5.15. The van der Waals surface area contributed by atoms with Gasteiger partial charge in [0.05, 0.1) is 5.54 Å². The van der Waals surface area contributed by atoms with Crippen molar-refractivity contribution in [2.24, 2.45) is 11.1 Å². The average molecular weight is 258 g/mol. The van der Waals surface area contributed by atoms with Crippen LogP contribution in [0.1, 0.15) is 51.7 Å². The highest BCUT2D eigenvalue weighted by Gasteiger charge is 2.38. The van der Waals surface area contributed by atoms with Crippen LogP contribution in [0.2, 0.25) is 0 Å². The Kier molecular flexibility index (Phi) is 3.99. The van der Waals surface area contributed by atoms with Gasteiger partial charge in [0, 0.05) is 0 Å². The zero-order valence-electron chi connectivity index (χ0n) is 10.6. The van der Waals surface area contributed by atoms with Gasteiger partial charge in [0.25, 0.3) is 0 Å². The van der Waals surface area contributed by atoms with Gasteiger partial charge in [-0.15, -0.1) is 12.4 Å². The molecule has 2 rings (SSSR count). The molecule has 17 heavy (non-hydrogen) atoms. The van der Waals surface area contributed by atoms with Crippen LogP contribution in [0.5, 0.6) is 0 Å². The van der Waals surface area contributed by atoms with Crippen LogP contribution < -0.4 is 5.73 Å². The molecule has 1 aliphatic carbocycles. The highest BCUT2D eigenvalue weighted by molar-refractivity contribution is 5.85. The Morgan fingerprint density at radius 3 is 2.47 bits per heavy atom. The number of hydrogen-bond donors (Lipinski definition) is 1. The molecule has 0 radical (unpaired) electrons. The Bertz CT molecular complexity index is 402. The fourth-order valence-corrected chi connectivity index (χ4v) is 1.61. The van der Waals surface area contributed by atoms with E-state index < -0.39 is 0 Å². The topological polar surface area (TPSA) is 64.9 Å². The van der Waals surface area contributed by atoms with Crippen molar-refractivity contribution in [3.8, 4) is 0 Å². The predicted molar refractivity (Wildman–Crippen MR) is 69.8 cm³/mol. The number of nitrogens with two attached hydrogens (primary N) is 1. The second kappa shape index (κ2) is 4.78. The number of nitrogens with zero attached hydrogens (tertiary/aromatic N) is 2. The summed E-state index contributed by atoms with van der Waals surface area (Å²) in [5.74, 6) is 1.19. The number of aromatic nitrogens is 2. The smallest absolute Gasteiger partial charge is 0.250 e. The molecular formula is C12H20ClN3O. The van der Waals surface area contributed by atoms with Crippen molar-refractivity contribution in [3.05, 3.63) is 17.8 Å². The molecule has 0 unspecified atom stereocenters. The largest absolute Gasteiger partial charge is 0.335 e. The van der Waals surface area contributed by atoms with E-state index in [4.69, 9.17) is 10.3 Å². The first kappa shape index (κ1) is 14.2. The lowest BCUT2D eigenvalue weighted by Crippen LogP contribution is -2.44. The third-order valence-electron chi connectivity index (χ3n) is 2.86. The third-order valence-corrected chi connectivity index (χ3v) is 2.86. The Hall–Kier alpha value is -0.870. The van der Waals surface area contributed by atoms with Crippen molar-refractivity contribution >= 4 is 18.5 Å². The van der Waals surface area contributed by atoms with E-state index in [-0.39, 0.29) is 23.4 Å². The summed E-state index contributed by atoms with van der Waals surface area (Å²) in [7, 11) is 0. The zero-order valence-corrected chi connectivity index (χ0v) is 11.4. The van der Waals surface area contributed by atoms with E-state index in [9.17, 15) is 0 Å². The van der Waals surface area contributed by atoms with Gasteiger partial charge in [-0.1, -0.05) is 32.0 Å². The van der Waals surface area contributed by atoms with E-state index in [1.807, 2.05) is 12.2 Å². The van der Waals surface area contributed by atoms with Crippen molar-refractivity contribution < 1.29 is 4.52 Å². The number of allylic oxidation sites excluding steroid dienone is 1. The van der Waals surface area contributed by atoms with Gasteiger partial charge >= 0.3 is 0 Å². The lowest BCUT2D eigenvalue weighted by molar-refractivity contribution is 0.229. The molecular weight excluding hydrogens is 238 g/mol. The van der Waals surface area contributed by atoms with Gasteiger partial charge in [-0.2, -0.15) is 4.98 Å². The van der Waals surface area contributed by atoms with Crippen LogP contribution in [0.4, 0.5) is 0 Å². The molecule has 1 saturated carbocycles. The quantitative estimate of drug-likeness (QED) is 0.885. The van der Waals surface area contributed by atoms with Crippen LogP contribution in [0, 0.1) is 5.41 Å². The van der Waals surface area contributed by atoms with Gasteiger partial charge in [0.15, 0.2) is 5.82 Å². The zero-order chi connectivity index (χ0) is 11.8. The van der Waals surface area contributed by atoms with Crippen molar-refractivity contribution in [2.75, 3.05) is 0 Å². The molecule has 1 heterocycles. The number of hydrogen-bond acceptors (Lipinski definition) is 4. The normalized spacial score (nSPS) is 18.8. The van der Waals surface area contributed by atoms with Crippen LogP contribution >= 0.6 is 12.4 Å². The van der Waals surface area contributed by atoms with E-state index in [1.54, 1.807) is 0 Å². The first-order chi connectivity index (χ1) is 7.39. The maximum Gasteiger partial charge on any atom is 0.250 e. The third kappa shape index (κ3) is 3.30. The van der Waals surface area contributed by atoms with E-state index in [0.29, 0.717) is 11.7 Å². The molecule has 4 nitrogen and oxygen atoms in total. The van der Waals surface area contributed by atoms with Gasteiger partial charge in [-0.3, -0.25) is 0 Å². The Balaban J connectivity index is 0.00000144. The molecule has 0 saturated heterocycles. The van der Waals surface area contributed by atoms with Crippen LogP contribution in [0.25, 0.3) is 6.08 Å². The summed E-state index contributed by atoms with van der Waals surface area (Å²) in [6, 6.07) is 0. The summed E-state index contributed by atoms with van der Waals surface area (Å²) in [5, 5.41) is 3.95. The fourth-order valence-electron chi connectivity index (χ4n) is 1.61. The Morgan fingerprint density at radius 1 is 1.35 bits per heavy atom. The van der Waals surface area contributed by atoms with Gasteiger partial charge < -0.3 is 10.3 Å². The minimum atomic E-state index is -0.336. The maximum atomic E-state index is 6.11. The van der Waals surface area contributed by atoms with E-state index in [1.165, 1.54) is 0 Å². The molecule has 0 bridgehead atoms. The summed E-state index contributed by atoms with van der Waals surface area (Å²) in [4.78, 5) is 4.32. The number of halogens is 1. The molecule has 0 aromatic carbocycles. The highest BCUT2D eigenvalue weighted by atomic mass is 35.5. The van der Waals surface area contributed by atoms with Crippen LogP contribution in [0.3, 0.4) is 0 Å². The summed E-state index contributed by atoms with van der Waals surface area (Å²) >= 11 is 0. The van der Waals surface area contributed by atoms with Gasteiger partial charge in [-0.25, -0.2) is 0 Å². The Morgan fingerprint density at radius 2 is 2.00 bits per heavy atom. The lowest BCUT2D eigenvalue weighted by atomic mass is 9.77. The molecule has 0 amide bonds. The Labute approximate surface area is 108 Å². The molecule has 1 aliphatic rings.